The van der Waals surface area contributed by atoms with Gasteiger partial charge in [-0.2, -0.15) is 4.31 Å². The van der Waals surface area contributed by atoms with Crippen molar-refractivity contribution in [1.82, 2.24) is 9.29 Å². The van der Waals surface area contributed by atoms with Crippen molar-refractivity contribution in [2.75, 3.05) is 18.4 Å². The zero-order valence-electron chi connectivity index (χ0n) is 17.8. The number of carbonyl (C=O) groups excluding carboxylic acids is 1. The summed E-state index contributed by atoms with van der Waals surface area (Å²) in [5.41, 5.74) is 3.42. The first kappa shape index (κ1) is 22.6. The van der Waals surface area contributed by atoms with Crippen LogP contribution in [0.15, 0.2) is 52.7 Å². The third-order valence-corrected chi connectivity index (χ3v) is 8.47. The van der Waals surface area contributed by atoms with Gasteiger partial charge in [0, 0.05) is 30.0 Å². The third kappa shape index (κ3) is 4.74. The highest BCUT2D eigenvalue weighted by molar-refractivity contribution is 7.89. The van der Waals surface area contributed by atoms with Crippen LogP contribution in [0.3, 0.4) is 0 Å². The van der Waals surface area contributed by atoms with E-state index in [0.717, 1.165) is 16.7 Å². The molecule has 0 bridgehead atoms. The average Bonchev–Trinajstić information content (AvgIpc) is 3.24. The van der Waals surface area contributed by atoms with Crippen LogP contribution in [0.5, 0.6) is 0 Å². The Kier molecular flexibility index (Phi) is 6.41. The zero-order valence-corrected chi connectivity index (χ0v) is 19.5. The molecule has 0 spiro atoms. The number of hydrogen-bond donors (Lipinski definition) is 1. The minimum absolute atomic E-state index is 0.159. The zero-order chi connectivity index (χ0) is 22.9. The maximum Gasteiger partial charge on any atom is 0.243 e. The van der Waals surface area contributed by atoms with Gasteiger partial charge in [0.2, 0.25) is 15.9 Å². The Hall–Kier alpha value is -2.62. The Balaban J connectivity index is 1.36. The SMILES string of the molecule is Cc1ccc(S(=O)(=O)N2CCC(C(=O)Nc3nc(-c4ccc(F)cc4)cs3)CC2)cc1C. The summed E-state index contributed by atoms with van der Waals surface area (Å²) in [4.78, 5) is 17.4. The van der Waals surface area contributed by atoms with Crippen LogP contribution in [0.1, 0.15) is 24.0 Å². The lowest BCUT2D eigenvalue weighted by atomic mass is 9.97. The van der Waals surface area contributed by atoms with Crippen LogP contribution >= 0.6 is 11.3 Å². The largest absolute Gasteiger partial charge is 0.302 e. The van der Waals surface area contributed by atoms with E-state index in [-0.39, 0.29) is 17.6 Å². The van der Waals surface area contributed by atoms with Crippen molar-refractivity contribution in [1.29, 1.82) is 0 Å². The van der Waals surface area contributed by atoms with Gasteiger partial charge in [-0.3, -0.25) is 4.79 Å². The van der Waals surface area contributed by atoms with Crippen LogP contribution in [0.2, 0.25) is 0 Å². The second kappa shape index (κ2) is 9.09. The van der Waals surface area contributed by atoms with Gasteiger partial charge in [-0.15, -0.1) is 11.3 Å². The fraction of sp³-hybridized carbons (Fsp3) is 0.304. The van der Waals surface area contributed by atoms with Gasteiger partial charge in [0.15, 0.2) is 5.13 Å². The first-order valence-corrected chi connectivity index (χ1v) is 12.7. The molecule has 2 aromatic carbocycles. The summed E-state index contributed by atoms with van der Waals surface area (Å²) in [5, 5.41) is 5.12. The molecule has 3 aromatic rings. The highest BCUT2D eigenvalue weighted by atomic mass is 32.2. The van der Waals surface area contributed by atoms with Crippen LogP contribution in [0, 0.1) is 25.6 Å². The molecule has 1 aromatic heterocycles. The van der Waals surface area contributed by atoms with Crippen molar-refractivity contribution in [3.63, 3.8) is 0 Å². The predicted molar refractivity (Wildman–Crippen MR) is 124 cm³/mol. The van der Waals surface area contributed by atoms with E-state index in [0.29, 0.717) is 41.7 Å². The lowest BCUT2D eigenvalue weighted by molar-refractivity contribution is -0.120. The van der Waals surface area contributed by atoms with E-state index in [1.807, 2.05) is 25.3 Å². The van der Waals surface area contributed by atoms with E-state index in [4.69, 9.17) is 0 Å². The van der Waals surface area contributed by atoms with E-state index in [9.17, 15) is 17.6 Å². The van der Waals surface area contributed by atoms with E-state index in [1.54, 1.807) is 24.3 Å². The van der Waals surface area contributed by atoms with Gasteiger partial charge in [-0.1, -0.05) is 6.07 Å². The van der Waals surface area contributed by atoms with Gasteiger partial charge < -0.3 is 5.32 Å². The molecule has 9 heteroatoms. The Labute approximate surface area is 191 Å². The Bertz CT molecular complexity index is 1230. The number of rotatable bonds is 5. The van der Waals surface area contributed by atoms with E-state index in [2.05, 4.69) is 10.3 Å². The summed E-state index contributed by atoms with van der Waals surface area (Å²) in [7, 11) is -3.58. The Morgan fingerprint density at radius 1 is 1.09 bits per heavy atom. The summed E-state index contributed by atoms with van der Waals surface area (Å²) in [6.07, 6.45) is 0.901. The third-order valence-electron chi connectivity index (χ3n) is 5.82. The summed E-state index contributed by atoms with van der Waals surface area (Å²) in [6, 6.07) is 11.2. The monoisotopic (exact) mass is 473 g/mol. The Morgan fingerprint density at radius 2 is 1.78 bits per heavy atom. The van der Waals surface area contributed by atoms with Crippen LogP contribution in [0.4, 0.5) is 9.52 Å². The molecule has 168 valence electrons. The van der Waals surface area contributed by atoms with Gasteiger partial charge in [0.25, 0.3) is 0 Å². The van der Waals surface area contributed by atoms with Gasteiger partial charge in [0.05, 0.1) is 10.6 Å². The molecule has 1 aliphatic heterocycles. The van der Waals surface area contributed by atoms with Gasteiger partial charge in [0.1, 0.15) is 5.82 Å². The number of piperidine rings is 1. The number of carbonyl (C=O) groups is 1. The molecule has 0 atom stereocenters. The highest BCUT2D eigenvalue weighted by Crippen LogP contribution is 2.28. The molecule has 0 unspecified atom stereocenters. The van der Waals surface area contributed by atoms with Crippen molar-refractivity contribution in [2.45, 2.75) is 31.6 Å². The number of nitrogens with one attached hydrogen (secondary N) is 1. The first-order chi connectivity index (χ1) is 15.2. The molecular formula is C23H24FN3O3S2. The van der Waals surface area contributed by atoms with Gasteiger partial charge in [-0.25, -0.2) is 17.8 Å². The standard InChI is InChI=1S/C23H24FN3O3S2/c1-15-3-8-20(13-16(15)2)32(29,30)27-11-9-18(10-12-27)22(28)26-23-25-21(14-31-23)17-4-6-19(24)7-5-17/h3-8,13-14,18H,9-12H2,1-2H3,(H,25,26,28). The number of hydrogen-bond acceptors (Lipinski definition) is 5. The van der Waals surface area contributed by atoms with Crippen LogP contribution in [-0.4, -0.2) is 36.7 Å². The summed E-state index contributed by atoms with van der Waals surface area (Å²) in [5.74, 6) is -0.754. The minimum Gasteiger partial charge on any atom is -0.302 e. The van der Waals surface area contributed by atoms with Crippen molar-refractivity contribution < 1.29 is 17.6 Å². The fourth-order valence-corrected chi connectivity index (χ4v) is 5.95. The lowest BCUT2D eigenvalue weighted by Gasteiger charge is -2.30. The van der Waals surface area contributed by atoms with E-state index < -0.39 is 10.0 Å². The Morgan fingerprint density at radius 3 is 2.44 bits per heavy atom. The van der Waals surface area contributed by atoms with Gasteiger partial charge in [-0.05, 0) is 74.2 Å². The summed E-state index contributed by atoms with van der Waals surface area (Å²) in [6.45, 7) is 4.43. The molecule has 0 saturated carbocycles. The number of thiazole rings is 1. The molecule has 6 nitrogen and oxygen atoms in total. The number of anilines is 1. The topological polar surface area (TPSA) is 79.4 Å². The van der Waals surface area contributed by atoms with Crippen molar-refractivity contribution >= 4 is 32.4 Å². The second-order valence-corrected chi connectivity index (χ2v) is 10.8. The van der Waals surface area contributed by atoms with Gasteiger partial charge >= 0.3 is 0 Å². The fourth-order valence-electron chi connectivity index (χ4n) is 3.67. The van der Waals surface area contributed by atoms with Crippen molar-refractivity contribution in [2.24, 2.45) is 5.92 Å². The molecule has 0 radical (unpaired) electrons. The summed E-state index contributed by atoms with van der Waals surface area (Å²) < 4.78 is 40.5. The quantitative estimate of drug-likeness (QED) is 0.587. The maximum atomic E-state index is 13.1. The highest BCUT2D eigenvalue weighted by Gasteiger charge is 2.32. The smallest absolute Gasteiger partial charge is 0.243 e. The molecule has 1 fully saturated rings. The first-order valence-electron chi connectivity index (χ1n) is 10.3. The summed E-state index contributed by atoms with van der Waals surface area (Å²) >= 11 is 1.30. The minimum atomic E-state index is -3.58. The molecule has 1 N–H and O–H groups in total. The normalized spacial score (nSPS) is 15.6. The average molecular weight is 474 g/mol. The number of aryl methyl sites for hydroxylation is 2. The molecule has 32 heavy (non-hydrogen) atoms. The van der Waals surface area contributed by atoms with E-state index in [1.165, 1.54) is 27.8 Å². The molecule has 2 heterocycles. The molecule has 0 aliphatic carbocycles. The van der Waals surface area contributed by atoms with Crippen LogP contribution in [0.25, 0.3) is 11.3 Å². The number of sulfonamides is 1. The number of benzene rings is 2. The molecule has 1 amide bonds. The second-order valence-electron chi connectivity index (χ2n) is 7.96. The van der Waals surface area contributed by atoms with Crippen LogP contribution < -0.4 is 5.32 Å². The number of halogens is 1. The molecular weight excluding hydrogens is 449 g/mol. The van der Waals surface area contributed by atoms with Crippen molar-refractivity contribution in [3.8, 4) is 11.3 Å². The molecule has 1 saturated heterocycles. The predicted octanol–water partition coefficient (Wildman–Crippen LogP) is 4.61. The van der Waals surface area contributed by atoms with Crippen LogP contribution in [-0.2, 0) is 14.8 Å². The molecule has 4 rings (SSSR count). The van der Waals surface area contributed by atoms with Crippen molar-refractivity contribution in [3.05, 3.63) is 64.8 Å². The number of amides is 1. The number of nitrogens with zero attached hydrogens (tertiary/aromatic N) is 2. The lowest BCUT2D eigenvalue weighted by Crippen LogP contribution is -2.41. The van der Waals surface area contributed by atoms with E-state index >= 15 is 0 Å². The maximum absolute atomic E-state index is 13.1. The molecule has 1 aliphatic rings. The number of aromatic nitrogens is 1.